The Labute approximate surface area is 201 Å². The van der Waals surface area contributed by atoms with E-state index in [1.807, 2.05) is 6.07 Å². The molecule has 1 saturated carbocycles. The van der Waals surface area contributed by atoms with Crippen molar-refractivity contribution >= 4 is 46.0 Å². The highest BCUT2D eigenvalue weighted by molar-refractivity contribution is 8.18. The molecule has 3 heterocycles. The largest absolute Gasteiger partial charge is 0.351 e. The van der Waals surface area contributed by atoms with Crippen LogP contribution in [-0.2, 0) is 11.2 Å². The van der Waals surface area contributed by atoms with Gasteiger partial charge in [-0.1, -0.05) is 6.07 Å². The molecule has 1 aromatic carbocycles. The summed E-state index contributed by atoms with van der Waals surface area (Å²) in [6, 6.07) is 8.81. The summed E-state index contributed by atoms with van der Waals surface area (Å²) in [6.45, 7) is 0.933. The number of benzene rings is 1. The number of nitrogens with one attached hydrogen (secondary N) is 3. The zero-order valence-corrected chi connectivity index (χ0v) is 19.3. The van der Waals surface area contributed by atoms with Crippen molar-refractivity contribution < 1.29 is 9.59 Å². The first-order valence-electron chi connectivity index (χ1n) is 11.4. The van der Waals surface area contributed by atoms with Crippen LogP contribution in [-0.4, -0.2) is 49.7 Å². The Balaban J connectivity index is 1.08. The first-order valence-corrected chi connectivity index (χ1v) is 12.2. The van der Waals surface area contributed by atoms with Gasteiger partial charge in [-0.05, 0) is 80.2 Å². The molecule has 3 N–H and O–H groups in total. The van der Waals surface area contributed by atoms with Gasteiger partial charge in [-0.3, -0.25) is 24.9 Å². The summed E-state index contributed by atoms with van der Waals surface area (Å²) in [5.74, 6) is 0.156. The number of hydrogen-bond acceptors (Lipinski definition) is 9. The molecule has 2 aromatic heterocycles. The van der Waals surface area contributed by atoms with E-state index in [0.717, 1.165) is 61.4 Å². The number of imide groups is 1. The lowest BCUT2D eigenvalue weighted by Crippen LogP contribution is -2.38. The van der Waals surface area contributed by atoms with Gasteiger partial charge in [0, 0.05) is 30.7 Å². The monoisotopic (exact) mass is 475 g/mol. The predicted molar refractivity (Wildman–Crippen MR) is 132 cm³/mol. The van der Waals surface area contributed by atoms with Crippen molar-refractivity contribution in [3.05, 3.63) is 59.0 Å². The van der Waals surface area contributed by atoms with Gasteiger partial charge in [-0.25, -0.2) is 9.97 Å². The van der Waals surface area contributed by atoms with Gasteiger partial charge in [-0.2, -0.15) is 0 Å². The van der Waals surface area contributed by atoms with E-state index < -0.39 is 0 Å². The number of rotatable bonds is 7. The molecule has 2 aliphatic rings. The summed E-state index contributed by atoms with van der Waals surface area (Å²) in [6.07, 6.45) is 11.9. The summed E-state index contributed by atoms with van der Waals surface area (Å²) in [4.78, 5) is 40.9. The molecule has 174 valence electrons. The number of aromatic nitrogens is 4. The smallest absolute Gasteiger partial charge is 0.290 e. The first-order chi connectivity index (χ1) is 16.6. The number of fused-ring (bicyclic) bond motifs is 1. The van der Waals surface area contributed by atoms with Crippen molar-refractivity contribution in [2.24, 2.45) is 0 Å². The summed E-state index contributed by atoms with van der Waals surface area (Å²) in [7, 11) is 0. The van der Waals surface area contributed by atoms with Crippen molar-refractivity contribution in [3.63, 3.8) is 0 Å². The number of anilines is 1. The van der Waals surface area contributed by atoms with E-state index in [4.69, 9.17) is 0 Å². The standard InChI is InChI=1S/C24H25N7O2S/c32-22-21(34-24(33)31-22)14-18-8-10-28-23(30-18)29-17-4-2-16(3-5-17)25-9-7-15-1-6-19-20(13-15)27-12-11-26-19/h1,6,8,10-14,16-17,25H,2-5,7,9H2,(H,28,29,30)(H,31,32,33)/b21-14-/t16-,17-. The van der Waals surface area contributed by atoms with Gasteiger partial charge in [0.2, 0.25) is 5.95 Å². The van der Waals surface area contributed by atoms with E-state index in [-0.39, 0.29) is 11.1 Å². The zero-order chi connectivity index (χ0) is 23.3. The third kappa shape index (κ3) is 5.57. The lowest BCUT2D eigenvalue weighted by atomic mass is 9.91. The number of amides is 2. The van der Waals surface area contributed by atoms with Crippen LogP contribution in [0.4, 0.5) is 10.7 Å². The van der Waals surface area contributed by atoms with Gasteiger partial charge < -0.3 is 10.6 Å². The average molecular weight is 476 g/mol. The molecule has 0 atom stereocenters. The van der Waals surface area contributed by atoms with Crippen LogP contribution in [0.3, 0.4) is 0 Å². The SMILES string of the molecule is O=C1NC(=O)/C(=C/c2ccnc(N[C@H]3CC[C@H](NCCc4ccc5nccnc5c4)CC3)n2)S1. The number of carbonyl (C=O) groups excluding carboxylic acids is 2. The van der Waals surface area contributed by atoms with Crippen LogP contribution in [0.2, 0.25) is 0 Å². The quantitative estimate of drug-likeness (QED) is 0.442. The molecule has 10 heteroatoms. The summed E-state index contributed by atoms with van der Waals surface area (Å²) in [5, 5.41) is 9.00. The highest BCUT2D eigenvalue weighted by atomic mass is 32.2. The average Bonchev–Trinajstić information content (AvgIpc) is 3.16. The van der Waals surface area contributed by atoms with E-state index in [1.54, 1.807) is 30.7 Å². The lowest BCUT2D eigenvalue weighted by molar-refractivity contribution is -0.115. The fraction of sp³-hybridized carbons (Fsp3) is 0.333. The lowest BCUT2D eigenvalue weighted by Gasteiger charge is -2.29. The second kappa shape index (κ2) is 10.3. The van der Waals surface area contributed by atoms with Crippen molar-refractivity contribution in [3.8, 4) is 0 Å². The maximum absolute atomic E-state index is 11.7. The Bertz CT molecular complexity index is 1240. The third-order valence-corrected chi connectivity index (χ3v) is 6.85. The Morgan fingerprint density at radius 3 is 2.56 bits per heavy atom. The van der Waals surface area contributed by atoms with Gasteiger partial charge in [0.15, 0.2) is 0 Å². The van der Waals surface area contributed by atoms with Crippen LogP contribution >= 0.6 is 11.8 Å². The van der Waals surface area contributed by atoms with Gasteiger partial charge >= 0.3 is 0 Å². The Morgan fingerprint density at radius 2 is 1.76 bits per heavy atom. The molecule has 1 aliphatic carbocycles. The minimum Gasteiger partial charge on any atom is -0.351 e. The topological polar surface area (TPSA) is 122 Å². The molecule has 34 heavy (non-hydrogen) atoms. The highest BCUT2D eigenvalue weighted by Crippen LogP contribution is 2.25. The maximum Gasteiger partial charge on any atom is 0.290 e. The number of hydrogen-bond donors (Lipinski definition) is 3. The van der Waals surface area contributed by atoms with Crippen molar-refractivity contribution in [2.45, 2.75) is 44.2 Å². The van der Waals surface area contributed by atoms with Crippen molar-refractivity contribution in [2.75, 3.05) is 11.9 Å². The molecule has 1 saturated heterocycles. The van der Waals surface area contributed by atoms with Crippen LogP contribution in [0.25, 0.3) is 17.1 Å². The van der Waals surface area contributed by atoms with E-state index in [9.17, 15) is 9.59 Å². The van der Waals surface area contributed by atoms with E-state index in [2.05, 4.69) is 48.0 Å². The van der Waals surface area contributed by atoms with Gasteiger partial charge in [0.25, 0.3) is 11.1 Å². The fourth-order valence-corrected chi connectivity index (χ4v) is 4.95. The maximum atomic E-state index is 11.7. The molecule has 0 spiro atoms. The Hall–Kier alpha value is -3.37. The minimum absolute atomic E-state index is 0.311. The van der Waals surface area contributed by atoms with Crippen LogP contribution in [0.1, 0.15) is 36.9 Å². The molecular formula is C24H25N7O2S. The van der Waals surface area contributed by atoms with Gasteiger partial charge in [0.1, 0.15) is 0 Å². The van der Waals surface area contributed by atoms with Crippen molar-refractivity contribution in [1.82, 2.24) is 30.6 Å². The summed E-state index contributed by atoms with van der Waals surface area (Å²) in [5.41, 5.74) is 3.72. The molecule has 9 nitrogen and oxygen atoms in total. The molecule has 5 rings (SSSR count). The zero-order valence-electron chi connectivity index (χ0n) is 18.5. The predicted octanol–water partition coefficient (Wildman–Crippen LogP) is 3.30. The molecule has 0 unspecified atom stereocenters. The van der Waals surface area contributed by atoms with Gasteiger partial charge in [-0.15, -0.1) is 0 Å². The minimum atomic E-state index is -0.386. The Morgan fingerprint density at radius 1 is 0.971 bits per heavy atom. The normalized spacial score (nSPS) is 21.7. The molecule has 2 amide bonds. The fourth-order valence-electron chi connectivity index (χ4n) is 4.29. The molecule has 3 aromatic rings. The van der Waals surface area contributed by atoms with Crippen molar-refractivity contribution in [1.29, 1.82) is 0 Å². The first kappa shape index (κ1) is 22.4. The van der Waals surface area contributed by atoms with Crippen LogP contribution < -0.4 is 16.0 Å². The summed E-state index contributed by atoms with van der Waals surface area (Å²) < 4.78 is 0. The van der Waals surface area contributed by atoms with Crippen LogP contribution in [0, 0.1) is 0 Å². The van der Waals surface area contributed by atoms with E-state index >= 15 is 0 Å². The van der Waals surface area contributed by atoms with E-state index in [0.29, 0.717) is 28.6 Å². The summed E-state index contributed by atoms with van der Waals surface area (Å²) >= 11 is 0.883. The Kier molecular flexibility index (Phi) is 6.77. The molecule has 0 radical (unpaired) electrons. The highest BCUT2D eigenvalue weighted by Gasteiger charge is 2.25. The molecule has 2 fully saturated rings. The molecule has 0 bridgehead atoms. The number of nitrogens with zero attached hydrogens (tertiary/aromatic N) is 4. The van der Waals surface area contributed by atoms with E-state index in [1.165, 1.54) is 5.56 Å². The molecule has 1 aliphatic heterocycles. The molecular weight excluding hydrogens is 450 g/mol. The third-order valence-electron chi connectivity index (χ3n) is 6.04. The second-order valence-electron chi connectivity index (χ2n) is 8.43. The number of thioether (sulfide) groups is 1. The number of carbonyl (C=O) groups is 2. The van der Waals surface area contributed by atoms with Crippen LogP contribution in [0.15, 0.2) is 47.8 Å². The van der Waals surface area contributed by atoms with Crippen LogP contribution in [0.5, 0.6) is 0 Å². The second-order valence-corrected chi connectivity index (χ2v) is 9.45. The van der Waals surface area contributed by atoms with Gasteiger partial charge in [0.05, 0.1) is 21.6 Å².